The van der Waals surface area contributed by atoms with Gasteiger partial charge >= 0.3 is 0 Å². The molecule has 0 aliphatic carbocycles. The molecule has 10 rings (SSSR count). The molecule has 3 heterocycles. The van der Waals surface area contributed by atoms with Crippen LogP contribution in [0.1, 0.15) is 0 Å². The second-order valence-electron chi connectivity index (χ2n) is 12.7. The van der Waals surface area contributed by atoms with Crippen LogP contribution in [0.3, 0.4) is 0 Å². The van der Waals surface area contributed by atoms with Crippen LogP contribution in [0.2, 0.25) is 0 Å². The quantitative estimate of drug-likeness (QED) is 0.175. The van der Waals surface area contributed by atoms with E-state index in [1.165, 1.54) is 25.7 Å². The molecule has 10 aromatic rings. The number of hydrogen-bond acceptors (Lipinski definition) is 5. The molecular formula is C46H29N5S. The van der Waals surface area contributed by atoms with Gasteiger partial charge in [-0.25, -0.2) is 19.9 Å². The minimum Gasteiger partial charge on any atom is -0.292 e. The Kier molecular flexibility index (Phi) is 7.25. The predicted octanol–water partition coefficient (Wildman–Crippen LogP) is 11.9. The van der Waals surface area contributed by atoms with Crippen molar-refractivity contribution in [1.29, 1.82) is 0 Å². The Morgan fingerprint density at radius 3 is 1.67 bits per heavy atom. The summed E-state index contributed by atoms with van der Waals surface area (Å²) in [6.07, 6.45) is 0. The molecular weight excluding hydrogens is 655 g/mol. The molecule has 0 aliphatic rings. The second kappa shape index (κ2) is 12.5. The SMILES string of the molecule is c1ccc(-c2nc(-c3ccccc3)nc(-c3ccc4sc5cccc(-c6ccc(-c7nc8ccccc8n7-c7ccccc7)cc6)c5c4c3)n2)cc1. The number of hydrogen-bond donors (Lipinski definition) is 0. The molecule has 0 radical (unpaired) electrons. The van der Waals surface area contributed by atoms with Gasteiger partial charge in [0.25, 0.3) is 0 Å². The summed E-state index contributed by atoms with van der Waals surface area (Å²) in [6, 6.07) is 61.0. The number of thiophene rings is 1. The summed E-state index contributed by atoms with van der Waals surface area (Å²) in [7, 11) is 0. The zero-order valence-corrected chi connectivity index (χ0v) is 28.7. The van der Waals surface area contributed by atoms with E-state index in [-0.39, 0.29) is 0 Å². The summed E-state index contributed by atoms with van der Waals surface area (Å²) in [6.45, 7) is 0. The normalized spacial score (nSPS) is 11.5. The molecule has 0 atom stereocenters. The molecule has 0 amide bonds. The number of benzene rings is 7. The first-order valence-corrected chi connectivity index (χ1v) is 18.0. The van der Waals surface area contributed by atoms with Crippen LogP contribution < -0.4 is 0 Å². The van der Waals surface area contributed by atoms with E-state index in [4.69, 9.17) is 19.9 Å². The Balaban J connectivity index is 1.09. The smallest absolute Gasteiger partial charge is 0.164 e. The fourth-order valence-electron chi connectivity index (χ4n) is 7.00. The van der Waals surface area contributed by atoms with Gasteiger partial charge < -0.3 is 0 Å². The summed E-state index contributed by atoms with van der Waals surface area (Å²) < 4.78 is 4.71. The van der Waals surface area contributed by atoms with Crippen LogP contribution in [0.15, 0.2) is 176 Å². The van der Waals surface area contributed by atoms with Crippen molar-refractivity contribution in [2.75, 3.05) is 0 Å². The van der Waals surface area contributed by atoms with Crippen molar-refractivity contribution in [3.05, 3.63) is 176 Å². The maximum Gasteiger partial charge on any atom is 0.164 e. The van der Waals surface area contributed by atoms with Crippen LogP contribution in [0.4, 0.5) is 0 Å². The third kappa shape index (κ3) is 5.25. The van der Waals surface area contributed by atoms with Gasteiger partial charge in [0.2, 0.25) is 0 Å². The standard InChI is InChI=1S/C46H29N5S/c1-4-13-31(14-5-1)43-48-44(32-15-6-2-7-16-32)50-45(49-43)34-27-28-40-37(29-34)42-36(19-12-22-41(42)52-40)30-23-25-33(26-24-30)46-47-38-20-10-11-21-39(38)51(46)35-17-8-3-9-18-35/h1-29H. The van der Waals surface area contributed by atoms with E-state index in [9.17, 15) is 0 Å². The summed E-state index contributed by atoms with van der Waals surface area (Å²) in [4.78, 5) is 20.0. The van der Waals surface area contributed by atoms with Crippen molar-refractivity contribution in [1.82, 2.24) is 24.5 Å². The zero-order chi connectivity index (χ0) is 34.4. The third-order valence-electron chi connectivity index (χ3n) is 9.48. The molecule has 0 saturated carbocycles. The maximum absolute atomic E-state index is 5.08. The van der Waals surface area contributed by atoms with Gasteiger partial charge in [0.1, 0.15) is 5.82 Å². The fraction of sp³-hybridized carbons (Fsp3) is 0. The molecule has 0 aliphatic heterocycles. The van der Waals surface area contributed by atoms with Gasteiger partial charge in [-0.2, -0.15) is 0 Å². The van der Waals surface area contributed by atoms with Crippen molar-refractivity contribution in [3.8, 4) is 62.4 Å². The number of fused-ring (bicyclic) bond motifs is 4. The van der Waals surface area contributed by atoms with E-state index in [2.05, 4.69) is 108 Å². The number of imidazole rings is 1. The minimum absolute atomic E-state index is 0.650. The van der Waals surface area contributed by atoms with Gasteiger partial charge in [-0.05, 0) is 59.7 Å². The number of aromatic nitrogens is 5. The molecule has 7 aromatic carbocycles. The monoisotopic (exact) mass is 683 g/mol. The van der Waals surface area contributed by atoms with Gasteiger partial charge in [0.15, 0.2) is 17.5 Å². The molecule has 244 valence electrons. The fourth-order valence-corrected chi connectivity index (χ4v) is 8.11. The molecule has 6 heteroatoms. The van der Waals surface area contributed by atoms with Crippen LogP contribution in [0, 0.1) is 0 Å². The Labute approximate surface area is 304 Å². The van der Waals surface area contributed by atoms with Crippen LogP contribution in [0.5, 0.6) is 0 Å². The summed E-state index contributed by atoms with van der Waals surface area (Å²) in [5, 5.41) is 2.42. The van der Waals surface area contributed by atoms with E-state index in [0.29, 0.717) is 17.5 Å². The lowest BCUT2D eigenvalue weighted by Crippen LogP contribution is -2.00. The highest BCUT2D eigenvalue weighted by atomic mass is 32.1. The van der Waals surface area contributed by atoms with E-state index in [1.54, 1.807) is 0 Å². The van der Waals surface area contributed by atoms with Gasteiger partial charge in [-0.3, -0.25) is 4.57 Å². The lowest BCUT2D eigenvalue weighted by Gasteiger charge is -2.11. The number of para-hydroxylation sites is 3. The molecule has 0 bridgehead atoms. The number of nitrogens with zero attached hydrogens (tertiary/aromatic N) is 5. The summed E-state index contributed by atoms with van der Waals surface area (Å²) in [5.74, 6) is 2.88. The zero-order valence-electron chi connectivity index (χ0n) is 27.9. The Bertz CT molecular complexity index is 2820. The molecule has 0 fully saturated rings. The summed E-state index contributed by atoms with van der Waals surface area (Å²) in [5.41, 5.74) is 9.41. The first kappa shape index (κ1) is 30.1. The van der Waals surface area contributed by atoms with Crippen molar-refractivity contribution in [2.24, 2.45) is 0 Å². The largest absolute Gasteiger partial charge is 0.292 e. The van der Waals surface area contributed by atoms with E-state index in [1.807, 2.05) is 84.1 Å². The van der Waals surface area contributed by atoms with Gasteiger partial charge in [0, 0.05) is 48.1 Å². The van der Waals surface area contributed by atoms with Crippen LogP contribution in [0.25, 0.3) is 93.6 Å². The van der Waals surface area contributed by atoms with Gasteiger partial charge in [-0.15, -0.1) is 11.3 Å². The Hall–Kier alpha value is -6.76. The topological polar surface area (TPSA) is 56.5 Å². The Morgan fingerprint density at radius 1 is 0.404 bits per heavy atom. The van der Waals surface area contributed by atoms with Crippen molar-refractivity contribution >= 4 is 42.5 Å². The Morgan fingerprint density at radius 2 is 0.981 bits per heavy atom. The van der Waals surface area contributed by atoms with Crippen molar-refractivity contribution in [3.63, 3.8) is 0 Å². The molecule has 0 unspecified atom stereocenters. The van der Waals surface area contributed by atoms with Crippen molar-refractivity contribution in [2.45, 2.75) is 0 Å². The molecule has 0 N–H and O–H groups in total. The average Bonchev–Trinajstić information content (AvgIpc) is 3.80. The van der Waals surface area contributed by atoms with Gasteiger partial charge in [0.05, 0.1) is 11.0 Å². The van der Waals surface area contributed by atoms with Crippen LogP contribution in [-0.2, 0) is 0 Å². The maximum atomic E-state index is 5.08. The van der Waals surface area contributed by atoms with Crippen molar-refractivity contribution < 1.29 is 0 Å². The van der Waals surface area contributed by atoms with E-state index < -0.39 is 0 Å². The molecule has 5 nitrogen and oxygen atoms in total. The minimum atomic E-state index is 0.650. The van der Waals surface area contributed by atoms with Crippen LogP contribution >= 0.6 is 11.3 Å². The summed E-state index contributed by atoms with van der Waals surface area (Å²) >= 11 is 1.81. The first-order valence-electron chi connectivity index (χ1n) is 17.2. The lowest BCUT2D eigenvalue weighted by molar-refractivity contribution is 1.07. The molecule has 52 heavy (non-hydrogen) atoms. The average molecular weight is 684 g/mol. The van der Waals surface area contributed by atoms with E-state index >= 15 is 0 Å². The first-order chi connectivity index (χ1) is 25.8. The third-order valence-corrected chi connectivity index (χ3v) is 10.6. The molecule has 0 spiro atoms. The lowest BCUT2D eigenvalue weighted by atomic mass is 9.97. The highest BCUT2D eigenvalue weighted by Crippen LogP contribution is 2.42. The number of rotatable bonds is 6. The highest BCUT2D eigenvalue weighted by molar-refractivity contribution is 7.26. The van der Waals surface area contributed by atoms with Gasteiger partial charge in [-0.1, -0.05) is 127 Å². The molecule has 0 saturated heterocycles. The predicted molar refractivity (Wildman–Crippen MR) is 215 cm³/mol. The van der Waals surface area contributed by atoms with Crippen LogP contribution in [-0.4, -0.2) is 24.5 Å². The van der Waals surface area contributed by atoms with E-state index in [0.717, 1.165) is 50.4 Å². The highest BCUT2D eigenvalue weighted by Gasteiger charge is 2.17. The second-order valence-corrected chi connectivity index (χ2v) is 13.8. The molecule has 3 aromatic heterocycles.